The molecule has 1 aliphatic rings. The lowest BCUT2D eigenvalue weighted by Crippen LogP contribution is -2.58. The molecule has 1 fully saturated rings. The molecular formula is C6H11NO7. The maximum atomic E-state index is 9.73. The highest BCUT2D eigenvalue weighted by molar-refractivity contribution is 4.88. The van der Waals surface area contributed by atoms with E-state index in [1.165, 1.54) is 0 Å². The van der Waals surface area contributed by atoms with Crippen molar-refractivity contribution in [3.8, 4) is 0 Å². The second kappa shape index (κ2) is 4.62. The Balaban J connectivity index is 2.67. The molecule has 0 bridgehead atoms. The smallest absolute Gasteiger partial charge is 0.259 e. The van der Waals surface area contributed by atoms with E-state index >= 15 is 0 Å². The van der Waals surface area contributed by atoms with Gasteiger partial charge in [-0.2, -0.15) is 0 Å². The van der Waals surface area contributed by atoms with E-state index in [1.807, 2.05) is 5.34 Å². The van der Waals surface area contributed by atoms with E-state index in [1.54, 1.807) is 0 Å². The summed E-state index contributed by atoms with van der Waals surface area (Å²) in [5.74, 6) is 0. The van der Waals surface area contributed by atoms with Crippen LogP contribution < -0.4 is 0 Å². The van der Waals surface area contributed by atoms with Gasteiger partial charge in [0.1, 0.15) is 24.4 Å². The number of nitrogens with zero attached hydrogens (tertiary/aromatic N) is 1. The lowest BCUT2D eigenvalue weighted by Gasteiger charge is -2.37. The fraction of sp³-hybridized carbons (Fsp3) is 1.00. The van der Waals surface area contributed by atoms with Crippen LogP contribution in [0, 0.1) is 4.91 Å². The van der Waals surface area contributed by atoms with Crippen molar-refractivity contribution < 1.29 is 30.0 Å². The van der Waals surface area contributed by atoms with Gasteiger partial charge in [-0.1, -0.05) is 0 Å². The molecule has 0 amide bonds. The van der Waals surface area contributed by atoms with Crippen molar-refractivity contribution in [2.24, 2.45) is 5.34 Å². The van der Waals surface area contributed by atoms with Crippen LogP contribution in [-0.4, -0.2) is 57.7 Å². The second-order valence-electron chi connectivity index (χ2n) is 2.88. The Labute approximate surface area is 78.6 Å². The number of hydrogen-bond acceptors (Lipinski definition) is 8. The Kier molecular flexibility index (Phi) is 3.72. The number of ether oxygens (including phenoxy) is 1. The van der Waals surface area contributed by atoms with Gasteiger partial charge in [0, 0.05) is 0 Å². The van der Waals surface area contributed by atoms with Crippen LogP contribution in [-0.2, 0) is 9.57 Å². The first-order valence-corrected chi connectivity index (χ1v) is 3.90. The molecule has 82 valence electrons. The maximum absolute atomic E-state index is 9.73. The predicted octanol–water partition coefficient (Wildman–Crippen LogP) is -2.52. The second-order valence-corrected chi connectivity index (χ2v) is 2.88. The molecule has 0 saturated carbocycles. The topological polar surface area (TPSA) is 129 Å². The van der Waals surface area contributed by atoms with Crippen molar-refractivity contribution in [3.63, 3.8) is 0 Å². The Morgan fingerprint density at radius 2 is 1.86 bits per heavy atom. The monoisotopic (exact) mass is 209 g/mol. The Hall–Kier alpha value is -0.800. The first kappa shape index (κ1) is 11.3. The van der Waals surface area contributed by atoms with Crippen LogP contribution in [0.15, 0.2) is 5.34 Å². The van der Waals surface area contributed by atoms with E-state index < -0.39 is 37.3 Å². The highest BCUT2D eigenvalue weighted by Crippen LogP contribution is 2.21. The molecular weight excluding hydrogens is 198 g/mol. The van der Waals surface area contributed by atoms with E-state index in [9.17, 15) is 20.2 Å². The number of rotatable bonds is 3. The third kappa shape index (κ3) is 1.99. The molecule has 8 heteroatoms. The normalized spacial score (nSPS) is 43.3. The van der Waals surface area contributed by atoms with Crippen molar-refractivity contribution >= 4 is 0 Å². The quantitative estimate of drug-likeness (QED) is 0.298. The van der Waals surface area contributed by atoms with Crippen LogP contribution in [0.4, 0.5) is 0 Å². The SMILES string of the molecule is O=NO[C@H]1O[C@H](CO)[C@@H](O)[C@H](O)[C@H]1O. The molecule has 0 radical (unpaired) electrons. The van der Waals surface area contributed by atoms with Gasteiger partial charge >= 0.3 is 0 Å². The fourth-order valence-electron chi connectivity index (χ4n) is 1.20. The lowest BCUT2D eigenvalue weighted by atomic mass is 9.99. The molecule has 0 aromatic rings. The minimum absolute atomic E-state index is 0.580. The van der Waals surface area contributed by atoms with Crippen molar-refractivity contribution in [1.82, 2.24) is 0 Å². The average molecular weight is 209 g/mol. The van der Waals surface area contributed by atoms with Gasteiger partial charge in [-0.3, -0.25) is 0 Å². The number of aliphatic hydroxyl groups is 4. The first-order valence-electron chi connectivity index (χ1n) is 3.90. The van der Waals surface area contributed by atoms with Crippen LogP contribution >= 0.6 is 0 Å². The Morgan fingerprint density at radius 3 is 2.36 bits per heavy atom. The third-order valence-electron chi connectivity index (χ3n) is 2.00. The molecule has 0 spiro atoms. The van der Waals surface area contributed by atoms with E-state index in [4.69, 9.17) is 9.84 Å². The lowest BCUT2D eigenvalue weighted by molar-refractivity contribution is -0.302. The Bertz CT molecular complexity index is 199. The van der Waals surface area contributed by atoms with E-state index in [-0.39, 0.29) is 0 Å². The predicted molar refractivity (Wildman–Crippen MR) is 40.6 cm³/mol. The molecule has 4 N–H and O–H groups in total. The Morgan fingerprint density at radius 1 is 1.21 bits per heavy atom. The fourth-order valence-corrected chi connectivity index (χ4v) is 1.20. The highest BCUT2D eigenvalue weighted by Gasteiger charge is 2.45. The molecule has 0 aromatic carbocycles. The zero-order chi connectivity index (χ0) is 10.7. The van der Waals surface area contributed by atoms with Gasteiger partial charge in [0.15, 0.2) is 5.34 Å². The van der Waals surface area contributed by atoms with Crippen LogP contribution in [0.2, 0.25) is 0 Å². The van der Waals surface area contributed by atoms with E-state index in [0.29, 0.717) is 0 Å². The van der Waals surface area contributed by atoms with Crippen molar-refractivity contribution in [1.29, 1.82) is 0 Å². The van der Waals surface area contributed by atoms with Gasteiger partial charge in [0.05, 0.1) is 6.61 Å². The van der Waals surface area contributed by atoms with Crippen molar-refractivity contribution in [2.45, 2.75) is 30.7 Å². The summed E-state index contributed by atoms with van der Waals surface area (Å²) in [7, 11) is 0. The average Bonchev–Trinajstić information content (AvgIpc) is 2.19. The zero-order valence-electron chi connectivity index (χ0n) is 7.05. The van der Waals surface area contributed by atoms with Crippen LogP contribution in [0.25, 0.3) is 0 Å². The highest BCUT2D eigenvalue weighted by atomic mass is 16.8. The standard InChI is InChI=1S/C6H11NO7/c8-1-2-3(9)4(10)5(11)6(13-2)14-7-12/h2-6,8-11H,1H2/t2-,3-,4+,5-,6-/m1/s1. The number of hydrogen-bond donors (Lipinski definition) is 4. The summed E-state index contributed by atoms with van der Waals surface area (Å²) < 4.78 is 4.74. The molecule has 14 heavy (non-hydrogen) atoms. The molecule has 1 rings (SSSR count). The van der Waals surface area contributed by atoms with Gasteiger partial charge in [-0.15, -0.1) is 4.91 Å². The number of aliphatic hydroxyl groups excluding tert-OH is 4. The summed E-state index contributed by atoms with van der Waals surface area (Å²) in [6.45, 7) is -0.580. The van der Waals surface area contributed by atoms with E-state index in [2.05, 4.69) is 4.84 Å². The van der Waals surface area contributed by atoms with Gasteiger partial charge in [0.2, 0.25) is 0 Å². The van der Waals surface area contributed by atoms with Crippen LogP contribution in [0.1, 0.15) is 0 Å². The van der Waals surface area contributed by atoms with Crippen LogP contribution in [0.5, 0.6) is 0 Å². The van der Waals surface area contributed by atoms with Gasteiger partial charge in [-0.25, -0.2) is 0 Å². The minimum Gasteiger partial charge on any atom is -0.394 e. The van der Waals surface area contributed by atoms with Gasteiger partial charge in [-0.05, 0) is 0 Å². The maximum Gasteiger partial charge on any atom is 0.259 e. The first-order chi connectivity index (χ1) is 6.61. The molecule has 8 nitrogen and oxygen atoms in total. The van der Waals surface area contributed by atoms with Crippen LogP contribution in [0.3, 0.4) is 0 Å². The zero-order valence-corrected chi connectivity index (χ0v) is 7.05. The third-order valence-corrected chi connectivity index (χ3v) is 2.00. The summed E-state index contributed by atoms with van der Waals surface area (Å²) >= 11 is 0. The van der Waals surface area contributed by atoms with Crippen molar-refractivity contribution in [3.05, 3.63) is 4.91 Å². The summed E-state index contributed by atoms with van der Waals surface area (Å²) in [5.41, 5.74) is 0. The molecule has 1 heterocycles. The summed E-state index contributed by atoms with van der Waals surface area (Å²) in [5, 5.41) is 38.4. The van der Waals surface area contributed by atoms with E-state index in [0.717, 1.165) is 0 Å². The largest absolute Gasteiger partial charge is 0.394 e. The molecule has 0 aromatic heterocycles. The summed E-state index contributed by atoms with van der Waals surface area (Å²) in [4.78, 5) is 13.8. The summed E-state index contributed by atoms with van der Waals surface area (Å²) in [6.07, 6.45) is -7.21. The molecule has 5 atom stereocenters. The summed E-state index contributed by atoms with van der Waals surface area (Å²) in [6, 6.07) is 0. The molecule has 0 aliphatic carbocycles. The van der Waals surface area contributed by atoms with Crippen molar-refractivity contribution in [2.75, 3.05) is 6.61 Å². The molecule has 1 saturated heterocycles. The molecule has 1 aliphatic heterocycles. The molecule has 0 unspecified atom stereocenters. The van der Waals surface area contributed by atoms with Gasteiger partial charge < -0.3 is 30.0 Å². The van der Waals surface area contributed by atoms with Gasteiger partial charge in [0.25, 0.3) is 6.29 Å². The minimum atomic E-state index is -1.59.